The minimum absolute atomic E-state index is 0. The zero-order chi connectivity index (χ0) is 25.2. The Bertz CT molecular complexity index is 1420. The molecule has 35 heavy (non-hydrogen) atoms. The van der Waals surface area contributed by atoms with Gasteiger partial charge in [0.2, 0.25) is 23.5 Å². The van der Waals surface area contributed by atoms with Crippen LogP contribution in [0.25, 0.3) is 22.3 Å². The Labute approximate surface area is 200 Å². The van der Waals surface area contributed by atoms with Crippen LogP contribution in [-0.4, -0.2) is 73.9 Å². The van der Waals surface area contributed by atoms with Crippen LogP contribution in [0.1, 0.15) is 34.8 Å². The first-order valence-corrected chi connectivity index (χ1v) is 9.47. The molecule has 0 aromatic carbocycles. The molecule has 0 fully saturated rings. The molecule has 0 unspecified atom stereocenters. The quantitative estimate of drug-likeness (QED) is 0.166. The van der Waals surface area contributed by atoms with Crippen molar-refractivity contribution in [2.45, 2.75) is 26.1 Å². The fourth-order valence-corrected chi connectivity index (χ4v) is 2.53. The van der Waals surface area contributed by atoms with Gasteiger partial charge in [0.15, 0.2) is 22.3 Å². The fraction of sp³-hybridized carbons (Fsp3) is 0.222. The average Bonchev–Trinajstić information content (AvgIpc) is 2.77. The number of ketones is 2. The maximum absolute atomic E-state index is 11.5. The lowest BCUT2D eigenvalue weighted by Crippen LogP contribution is -2.20. The van der Waals surface area contributed by atoms with E-state index in [4.69, 9.17) is 21.7 Å². The Kier molecular flexibility index (Phi) is 8.19. The van der Waals surface area contributed by atoms with Gasteiger partial charge in [0.05, 0.1) is 12.4 Å². The van der Waals surface area contributed by atoms with E-state index in [0.29, 0.717) is 0 Å². The largest absolute Gasteiger partial charge is 0.385 e. The predicted octanol–water partition coefficient (Wildman–Crippen LogP) is -1.86. The molecule has 4 aromatic heterocycles. The molecule has 184 valence electrons. The minimum atomic E-state index is -1.21. The molecule has 17 heteroatoms. The zero-order valence-electron chi connectivity index (χ0n) is 18.1. The van der Waals surface area contributed by atoms with Crippen LogP contribution in [0.4, 0.5) is 11.9 Å². The molecule has 4 rings (SSSR count). The number of nitrogens with one attached hydrogen (secondary N) is 2. The van der Waals surface area contributed by atoms with E-state index in [1.165, 1.54) is 13.8 Å². The standard InChI is InChI=1S/2C9H9N5O3.ClH/c2*1-3(15)6(16)4-2-11-7-5(12-4)8(17)14-9(10)13-7;/h2*2-3,15H,1H3,(H3,10,11,13,14,17);1H/t2*3-;/m00./s1. The van der Waals surface area contributed by atoms with Crippen LogP contribution in [0.5, 0.6) is 0 Å². The number of carbonyl (C=O) groups is 2. The van der Waals surface area contributed by atoms with E-state index in [1.807, 2.05) is 0 Å². The van der Waals surface area contributed by atoms with Gasteiger partial charge in [-0.3, -0.25) is 29.1 Å². The molecule has 0 radical (unpaired) electrons. The molecular weight excluding hydrogens is 488 g/mol. The number of H-pyrrole nitrogens is 2. The van der Waals surface area contributed by atoms with Crippen molar-refractivity contribution < 1.29 is 19.8 Å². The van der Waals surface area contributed by atoms with E-state index >= 15 is 0 Å². The average molecular weight is 507 g/mol. The maximum atomic E-state index is 11.5. The molecule has 0 saturated heterocycles. The normalized spacial score (nSPS) is 12.2. The number of hydrogen-bond donors (Lipinski definition) is 6. The highest BCUT2D eigenvalue weighted by Gasteiger charge is 2.17. The van der Waals surface area contributed by atoms with Crippen LogP contribution in [0, 0.1) is 0 Å². The molecule has 2 atom stereocenters. The first-order valence-electron chi connectivity index (χ1n) is 9.47. The lowest BCUT2D eigenvalue weighted by atomic mass is 10.2. The number of anilines is 2. The number of aliphatic hydroxyl groups is 2. The predicted molar refractivity (Wildman–Crippen MR) is 124 cm³/mol. The number of rotatable bonds is 4. The highest BCUT2D eigenvalue weighted by molar-refractivity contribution is 5.98. The number of aromatic amines is 2. The van der Waals surface area contributed by atoms with E-state index in [2.05, 4.69) is 39.9 Å². The molecule has 4 heterocycles. The molecule has 0 aliphatic carbocycles. The van der Waals surface area contributed by atoms with Crippen LogP contribution in [0.15, 0.2) is 22.0 Å². The Morgan fingerprint density at radius 3 is 1.43 bits per heavy atom. The summed E-state index contributed by atoms with van der Waals surface area (Å²) in [5.41, 5.74) is 9.22. The van der Waals surface area contributed by atoms with Crippen molar-refractivity contribution in [2.24, 2.45) is 0 Å². The summed E-state index contributed by atoms with van der Waals surface area (Å²) in [5.74, 6) is -1.39. The number of fused-ring (bicyclic) bond motifs is 2. The third-order valence-electron chi connectivity index (χ3n) is 4.14. The van der Waals surface area contributed by atoms with Crippen molar-refractivity contribution in [3.8, 4) is 0 Å². The lowest BCUT2D eigenvalue weighted by Gasteiger charge is -2.03. The summed E-state index contributed by atoms with van der Waals surface area (Å²) >= 11 is 0. The number of carbonyl (C=O) groups excluding carboxylic acids is 2. The molecule has 0 aliphatic heterocycles. The SMILES string of the molecule is C[C@H](O)C(=O)c1cnc2nc(N)[nH]c(=O)c2n1.C[C@H](O)C(=O)c1cnc2nc(N)[nH]c(=O)c2n1.Cl. The van der Waals surface area contributed by atoms with E-state index in [-0.39, 0.29) is 58.0 Å². The molecule has 0 saturated carbocycles. The van der Waals surface area contributed by atoms with Gasteiger partial charge >= 0.3 is 0 Å². The number of Topliss-reactive ketones (excluding diaryl/α,β-unsaturated/α-hetero) is 2. The van der Waals surface area contributed by atoms with Gasteiger partial charge in [-0.1, -0.05) is 0 Å². The van der Waals surface area contributed by atoms with Gasteiger partial charge in [0.1, 0.15) is 23.6 Å². The fourth-order valence-electron chi connectivity index (χ4n) is 2.53. The third kappa shape index (κ3) is 5.94. The number of nitrogens with two attached hydrogens (primary N) is 2. The van der Waals surface area contributed by atoms with Crippen molar-refractivity contribution in [1.29, 1.82) is 0 Å². The topological polar surface area (TPSA) is 270 Å². The second kappa shape index (κ2) is 10.7. The van der Waals surface area contributed by atoms with Crippen molar-refractivity contribution >= 4 is 58.2 Å². The van der Waals surface area contributed by atoms with Gasteiger partial charge in [-0.15, -0.1) is 12.4 Å². The molecular formula is C18H19ClN10O6. The second-order valence-corrected chi connectivity index (χ2v) is 6.84. The highest BCUT2D eigenvalue weighted by Crippen LogP contribution is 2.06. The molecule has 0 spiro atoms. The molecule has 4 aromatic rings. The number of nitrogen functional groups attached to an aromatic ring is 2. The van der Waals surface area contributed by atoms with E-state index < -0.39 is 34.9 Å². The van der Waals surface area contributed by atoms with Crippen LogP contribution >= 0.6 is 12.4 Å². The first-order chi connectivity index (χ1) is 16.0. The Balaban J connectivity index is 0.000000240. The minimum Gasteiger partial charge on any atom is -0.385 e. The Hall–Kier alpha value is -4.41. The third-order valence-corrected chi connectivity index (χ3v) is 4.14. The van der Waals surface area contributed by atoms with E-state index in [0.717, 1.165) is 12.4 Å². The van der Waals surface area contributed by atoms with Crippen LogP contribution in [0.2, 0.25) is 0 Å². The number of hydrogen-bond acceptors (Lipinski definition) is 14. The van der Waals surface area contributed by atoms with E-state index in [9.17, 15) is 19.2 Å². The summed E-state index contributed by atoms with van der Waals surface area (Å²) in [6.45, 7) is 2.61. The highest BCUT2D eigenvalue weighted by atomic mass is 35.5. The maximum Gasteiger partial charge on any atom is 0.280 e. The molecule has 0 aliphatic rings. The van der Waals surface area contributed by atoms with Gasteiger partial charge in [-0.25, -0.2) is 19.9 Å². The summed E-state index contributed by atoms with van der Waals surface area (Å²) in [4.78, 5) is 73.1. The van der Waals surface area contributed by atoms with Crippen molar-refractivity contribution in [1.82, 2.24) is 39.9 Å². The van der Waals surface area contributed by atoms with Gasteiger partial charge in [-0.05, 0) is 13.8 Å². The van der Waals surface area contributed by atoms with E-state index in [1.54, 1.807) is 0 Å². The van der Waals surface area contributed by atoms with Crippen molar-refractivity contribution in [2.75, 3.05) is 11.5 Å². The Morgan fingerprint density at radius 1 is 0.771 bits per heavy atom. The van der Waals surface area contributed by atoms with Gasteiger partial charge < -0.3 is 21.7 Å². The van der Waals surface area contributed by atoms with Gasteiger partial charge in [-0.2, -0.15) is 9.97 Å². The summed E-state index contributed by atoms with van der Waals surface area (Å²) in [7, 11) is 0. The summed E-state index contributed by atoms with van der Waals surface area (Å²) in [6, 6.07) is 0. The monoisotopic (exact) mass is 506 g/mol. The van der Waals surface area contributed by atoms with Crippen LogP contribution < -0.4 is 22.6 Å². The van der Waals surface area contributed by atoms with Gasteiger partial charge in [0, 0.05) is 0 Å². The van der Waals surface area contributed by atoms with Crippen LogP contribution in [-0.2, 0) is 0 Å². The Morgan fingerprint density at radius 2 is 1.11 bits per heavy atom. The number of halogens is 1. The van der Waals surface area contributed by atoms with Crippen molar-refractivity contribution in [3.05, 3.63) is 44.5 Å². The summed E-state index contributed by atoms with van der Waals surface area (Å²) < 4.78 is 0. The summed E-state index contributed by atoms with van der Waals surface area (Å²) in [5, 5.41) is 18.2. The lowest BCUT2D eigenvalue weighted by molar-refractivity contribution is 0.0770. The molecule has 8 N–H and O–H groups in total. The molecule has 0 bridgehead atoms. The molecule has 16 nitrogen and oxygen atoms in total. The number of nitrogens with zero attached hydrogens (tertiary/aromatic N) is 6. The second-order valence-electron chi connectivity index (χ2n) is 6.84. The van der Waals surface area contributed by atoms with Gasteiger partial charge in [0.25, 0.3) is 11.1 Å². The van der Waals surface area contributed by atoms with Crippen LogP contribution in [0.3, 0.4) is 0 Å². The number of aliphatic hydroxyl groups excluding tert-OH is 2. The van der Waals surface area contributed by atoms with Crippen molar-refractivity contribution in [3.63, 3.8) is 0 Å². The molecule has 0 amide bonds. The summed E-state index contributed by atoms with van der Waals surface area (Å²) in [6.07, 6.45) is -0.128. The first kappa shape index (κ1) is 26.8. The number of aromatic nitrogens is 8. The zero-order valence-corrected chi connectivity index (χ0v) is 18.9. The smallest absolute Gasteiger partial charge is 0.280 e.